The number of hydrogen-bond acceptors (Lipinski definition) is 3. The van der Waals surface area contributed by atoms with Crippen molar-refractivity contribution in [1.82, 2.24) is 10.2 Å². The van der Waals surface area contributed by atoms with Gasteiger partial charge >= 0.3 is 0 Å². The summed E-state index contributed by atoms with van der Waals surface area (Å²) in [6, 6.07) is 6.03. The van der Waals surface area contributed by atoms with Crippen LogP contribution in [-0.2, 0) is 9.59 Å². The fourth-order valence-corrected chi connectivity index (χ4v) is 3.12. The second kappa shape index (κ2) is 8.64. The molecule has 1 aliphatic heterocycles. The molecule has 0 aliphatic carbocycles. The monoisotopic (exact) mass is 329 g/mol. The predicted molar refractivity (Wildman–Crippen MR) is 96.9 cm³/mol. The molecule has 1 fully saturated rings. The quantitative estimate of drug-likeness (QED) is 0.787. The summed E-state index contributed by atoms with van der Waals surface area (Å²) in [6.45, 7) is 10.1. The van der Waals surface area contributed by atoms with Gasteiger partial charge in [0.25, 0.3) is 0 Å². The number of nitrogens with zero attached hydrogens (tertiary/aromatic N) is 1. The number of hydrogen-bond donors (Lipinski definition) is 2. The van der Waals surface area contributed by atoms with Gasteiger partial charge < -0.3 is 10.6 Å². The minimum absolute atomic E-state index is 0.00504. The van der Waals surface area contributed by atoms with E-state index in [1.54, 1.807) is 6.08 Å². The Labute approximate surface area is 144 Å². The molecule has 5 heteroatoms. The van der Waals surface area contributed by atoms with E-state index in [9.17, 15) is 9.59 Å². The van der Waals surface area contributed by atoms with Crippen LogP contribution in [0.1, 0.15) is 24.0 Å². The van der Waals surface area contributed by atoms with Crippen molar-refractivity contribution in [2.75, 3.05) is 31.5 Å². The van der Waals surface area contributed by atoms with Crippen molar-refractivity contribution < 1.29 is 9.59 Å². The summed E-state index contributed by atoms with van der Waals surface area (Å²) in [4.78, 5) is 26.3. The molecule has 2 amide bonds. The number of likely N-dealkylation sites (tertiary alicyclic amines) is 1. The van der Waals surface area contributed by atoms with Crippen molar-refractivity contribution in [3.05, 3.63) is 42.0 Å². The Morgan fingerprint density at radius 1 is 1.21 bits per heavy atom. The lowest BCUT2D eigenvalue weighted by molar-refractivity contribution is -0.126. The first-order chi connectivity index (χ1) is 11.5. The average Bonchev–Trinajstić information content (AvgIpc) is 2.52. The second-order valence-electron chi connectivity index (χ2n) is 6.51. The van der Waals surface area contributed by atoms with Crippen LogP contribution in [0.25, 0.3) is 0 Å². The summed E-state index contributed by atoms with van der Waals surface area (Å²) in [5.74, 6) is 0.132. The zero-order chi connectivity index (χ0) is 17.5. The van der Waals surface area contributed by atoms with E-state index in [0.29, 0.717) is 13.1 Å². The predicted octanol–water partition coefficient (Wildman–Crippen LogP) is 2.26. The van der Waals surface area contributed by atoms with Crippen LogP contribution in [0.2, 0.25) is 0 Å². The van der Waals surface area contributed by atoms with Crippen LogP contribution in [0.15, 0.2) is 30.9 Å². The molecule has 0 bridgehead atoms. The second-order valence-corrected chi connectivity index (χ2v) is 6.51. The van der Waals surface area contributed by atoms with Gasteiger partial charge in [-0.2, -0.15) is 0 Å². The van der Waals surface area contributed by atoms with Crippen molar-refractivity contribution in [2.45, 2.75) is 26.7 Å². The molecule has 0 spiro atoms. The van der Waals surface area contributed by atoms with Crippen LogP contribution in [-0.4, -0.2) is 42.9 Å². The van der Waals surface area contributed by atoms with Gasteiger partial charge in [0, 0.05) is 18.2 Å². The summed E-state index contributed by atoms with van der Waals surface area (Å²) in [5, 5.41) is 5.81. The summed E-state index contributed by atoms with van der Waals surface area (Å²) >= 11 is 0. The highest BCUT2D eigenvalue weighted by Crippen LogP contribution is 2.18. The third-order valence-corrected chi connectivity index (χ3v) is 4.25. The zero-order valence-electron chi connectivity index (χ0n) is 14.6. The van der Waals surface area contributed by atoms with E-state index in [0.717, 1.165) is 42.7 Å². The van der Waals surface area contributed by atoms with Crippen molar-refractivity contribution >= 4 is 17.5 Å². The van der Waals surface area contributed by atoms with Crippen LogP contribution >= 0.6 is 0 Å². The molecule has 1 heterocycles. The first-order valence-electron chi connectivity index (χ1n) is 8.47. The van der Waals surface area contributed by atoms with Gasteiger partial charge in [-0.3, -0.25) is 14.5 Å². The van der Waals surface area contributed by atoms with Gasteiger partial charge in [-0.25, -0.2) is 0 Å². The summed E-state index contributed by atoms with van der Waals surface area (Å²) in [6.07, 6.45) is 3.27. The molecule has 130 valence electrons. The summed E-state index contributed by atoms with van der Waals surface area (Å²) in [5.41, 5.74) is 3.12. The van der Waals surface area contributed by atoms with Crippen LogP contribution in [0.3, 0.4) is 0 Å². The molecule has 2 N–H and O–H groups in total. The highest BCUT2D eigenvalue weighted by molar-refractivity contribution is 5.92. The maximum atomic E-state index is 12.2. The normalized spacial score (nSPS) is 15.8. The minimum Gasteiger partial charge on any atom is -0.352 e. The Hall–Kier alpha value is -2.14. The van der Waals surface area contributed by atoms with Gasteiger partial charge in [0.15, 0.2) is 0 Å². The van der Waals surface area contributed by atoms with E-state index >= 15 is 0 Å². The first kappa shape index (κ1) is 18.2. The van der Waals surface area contributed by atoms with Crippen molar-refractivity contribution in [2.24, 2.45) is 5.92 Å². The average molecular weight is 329 g/mol. The van der Waals surface area contributed by atoms with E-state index < -0.39 is 0 Å². The molecule has 2 rings (SSSR count). The Morgan fingerprint density at radius 2 is 1.83 bits per heavy atom. The fraction of sp³-hybridized carbons (Fsp3) is 0.474. The Kier molecular flexibility index (Phi) is 6.55. The molecule has 24 heavy (non-hydrogen) atoms. The maximum Gasteiger partial charge on any atom is 0.238 e. The van der Waals surface area contributed by atoms with Crippen LogP contribution in [0.5, 0.6) is 0 Å². The lowest BCUT2D eigenvalue weighted by Crippen LogP contribution is -2.43. The highest BCUT2D eigenvalue weighted by atomic mass is 16.2. The molecule has 0 radical (unpaired) electrons. The molecule has 1 aromatic carbocycles. The zero-order valence-corrected chi connectivity index (χ0v) is 14.6. The smallest absolute Gasteiger partial charge is 0.238 e. The Morgan fingerprint density at radius 3 is 2.42 bits per heavy atom. The molecule has 5 nitrogen and oxygen atoms in total. The number of carbonyl (C=O) groups excluding carboxylic acids is 2. The number of nitrogens with one attached hydrogen (secondary N) is 2. The lowest BCUT2D eigenvalue weighted by atomic mass is 9.96. The van der Waals surface area contributed by atoms with E-state index in [2.05, 4.69) is 28.2 Å². The number of anilines is 1. The first-order valence-corrected chi connectivity index (χ1v) is 8.47. The van der Waals surface area contributed by atoms with Crippen LogP contribution in [0, 0.1) is 19.8 Å². The molecule has 0 saturated carbocycles. The van der Waals surface area contributed by atoms with Gasteiger partial charge in [0.1, 0.15) is 0 Å². The van der Waals surface area contributed by atoms with Crippen LogP contribution < -0.4 is 10.6 Å². The third-order valence-electron chi connectivity index (χ3n) is 4.25. The number of rotatable bonds is 6. The van der Waals surface area contributed by atoms with Crippen molar-refractivity contribution in [3.63, 3.8) is 0 Å². The third kappa shape index (κ3) is 5.49. The van der Waals surface area contributed by atoms with E-state index in [1.807, 2.05) is 26.0 Å². The Bertz CT molecular complexity index is 584. The van der Waals surface area contributed by atoms with Gasteiger partial charge in [-0.15, -0.1) is 6.58 Å². The number of amides is 2. The number of aryl methyl sites for hydroxylation is 2. The van der Waals surface area contributed by atoms with E-state index in [4.69, 9.17) is 0 Å². The fourth-order valence-electron chi connectivity index (χ4n) is 3.12. The molecule has 1 aromatic rings. The SMILES string of the molecule is C=CCNC(=O)C1CCN(CC(=O)Nc2cc(C)cc(C)c2)CC1. The van der Waals surface area contributed by atoms with Gasteiger partial charge in [0.05, 0.1) is 6.54 Å². The molecule has 0 atom stereocenters. The number of carbonyl (C=O) groups is 2. The minimum atomic E-state index is -0.00504. The highest BCUT2D eigenvalue weighted by Gasteiger charge is 2.25. The van der Waals surface area contributed by atoms with Gasteiger partial charge in [-0.1, -0.05) is 12.1 Å². The van der Waals surface area contributed by atoms with Crippen molar-refractivity contribution in [1.29, 1.82) is 0 Å². The summed E-state index contributed by atoms with van der Waals surface area (Å²) < 4.78 is 0. The molecule has 0 aromatic heterocycles. The Balaban J connectivity index is 1.77. The maximum absolute atomic E-state index is 12.2. The molecular weight excluding hydrogens is 302 g/mol. The van der Waals surface area contributed by atoms with E-state index in [1.165, 1.54) is 0 Å². The van der Waals surface area contributed by atoms with Gasteiger partial charge in [-0.05, 0) is 63.0 Å². The van der Waals surface area contributed by atoms with Gasteiger partial charge in [0.2, 0.25) is 11.8 Å². The summed E-state index contributed by atoms with van der Waals surface area (Å²) in [7, 11) is 0. The number of benzene rings is 1. The van der Waals surface area contributed by atoms with Crippen LogP contribution in [0.4, 0.5) is 5.69 Å². The van der Waals surface area contributed by atoms with E-state index in [-0.39, 0.29) is 17.7 Å². The standard InChI is InChI=1S/C19H27N3O2/c1-4-7-20-19(24)16-5-8-22(9-6-16)13-18(23)21-17-11-14(2)10-15(3)12-17/h4,10-12,16H,1,5-9,13H2,2-3H3,(H,20,24)(H,21,23). The molecular formula is C19H27N3O2. The topological polar surface area (TPSA) is 61.4 Å². The molecule has 1 aliphatic rings. The lowest BCUT2D eigenvalue weighted by Gasteiger charge is -2.30. The largest absolute Gasteiger partial charge is 0.352 e. The number of piperidine rings is 1. The van der Waals surface area contributed by atoms with Crippen molar-refractivity contribution in [3.8, 4) is 0 Å². The molecule has 1 saturated heterocycles. The molecule has 0 unspecified atom stereocenters.